The number of rotatable bonds is 7. The van der Waals surface area contributed by atoms with Gasteiger partial charge in [-0.05, 0) is 24.1 Å². The second-order valence-electron chi connectivity index (χ2n) is 5.08. The maximum atomic E-state index is 11.7. The first-order chi connectivity index (χ1) is 10.7. The number of amides is 1. The molecular formula is C19H21NOS. The molecule has 0 radical (unpaired) electrons. The van der Waals surface area contributed by atoms with Gasteiger partial charge in [0.25, 0.3) is 0 Å². The Balaban J connectivity index is 1.63. The highest BCUT2D eigenvalue weighted by Crippen LogP contribution is 2.10. The van der Waals surface area contributed by atoms with Crippen LogP contribution in [0.25, 0.3) is 6.08 Å². The van der Waals surface area contributed by atoms with E-state index < -0.39 is 0 Å². The Bertz CT molecular complexity index is 622. The molecule has 0 fully saturated rings. The fourth-order valence-electron chi connectivity index (χ4n) is 2.02. The summed E-state index contributed by atoms with van der Waals surface area (Å²) in [6, 6.07) is 18.4. The molecule has 2 aromatic rings. The van der Waals surface area contributed by atoms with Gasteiger partial charge in [-0.15, -0.1) is 0 Å². The first-order valence-electron chi connectivity index (χ1n) is 7.38. The molecule has 2 aromatic carbocycles. The third-order valence-electron chi connectivity index (χ3n) is 3.13. The lowest BCUT2D eigenvalue weighted by molar-refractivity contribution is -0.116. The molecule has 2 nitrogen and oxygen atoms in total. The third-order valence-corrected chi connectivity index (χ3v) is 4.16. The molecule has 0 heterocycles. The van der Waals surface area contributed by atoms with E-state index in [4.69, 9.17) is 0 Å². The van der Waals surface area contributed by atoms with Crippen LogP contribution < -0.4 is 5.32 Å². The van der Waals surface area contributed by atoms with Gasteiger partial charge in [0, 0.05) is 24.1 Å². The highest BCUT2D eigenvalue weighted by molar-refractivity contribution is 7.98. The van der Waals surface area contributed by atoms with Crippen LogP contribution in [-0.2, 0) is 10.5 Å². The first kappa shape index (κ1) is 16.4. The van der Waals surface area contributed by atoms with Crippen molar-refractivity contribution < 1.29 is 4.79 Å². The fraction of sp³-hybridized carbons (Fsp3) is 0.211. The average Bonchev–Trinajstić information content (AvgIpc) is 2.54. The maximum absolute atomic E-state index is 11.7. The van der Waals surface area contributed by atoms with Crippen molar-refractivity contribution in [2.45, 2.75) is 12.7 Å². The van der Waals surface area contributed by atoms with E-state index in [9.17, 15) is 4.79 Å². The van der Waals surface area contributed by atoms with Crippen LogP contribution in [0.4, 0.5) is 0 Å². The summed E-state index contributed by atoms with van der Waals surface area (Å²) >= 11 is 1.83. The van der Waals surface area contributed by atoms with Crippen molar-refractivity contribution in [1.82, 2.24) is 5.32 Å². The Kier molecular flexibility index (Phi) is 6.78. The average molecular weight is 311 g/mol. The lowest BCUT2D eigenvalue weighted by atomic mass is 10.1. The summed E-state index contributed by atoms with van der Waals surface area (Å²) in [6.45, 7) is 2.73. The quantitative estimate of drug-likeness (QED) is 0.617. The van der Waals surface area contributed by atoms with Gasteiger partial charge in [-0.1, -0.05) is 60.2 Å². The summed E-state index contributed by atoms with van der Waals surface area (Å²) in [5.41, 5.74) is 3.56. The van der Waals surface area contributed by atoms with Crippen molar-refractivity contribution in [2.24, 2.45) is 0 Å². The number of hydrogen-bond acceptors (Lipinski definition) is 2. The molecule has 0 atom stereocenters. The van der Waals surface area contributed by atoms with E-state index in [0.29, 0.717) is 6.54 Å². The number of carbonyl (C=O) groups excluding carboxylic acids is 1. The lowest BCUT2D eigenvalue weighted by Crippen LogP contribution is -2.23. The molecule has 0 saturated heterocycles. The Morgan fingerprint density at radius 2 is 1.95 bits per heavy atom. The largest absolute Gasteiger partial charge is 0.352 e. The molecule has 0 aliphatic rings. The molecule has 0 saturated carbocycles. The van der Waals surface area contributed by atoms with Gasteiger partial charge in [0.2, 0.25) is 5.91 Å². The Hall–Kier alpha value is -2.00. The van der Waals surface area contributed by atoms with Gasteiger partial charge in [0.1, 0.15) is 0 Å². The van der Waals surface area contributed by atoms with Crippen LogP contribution in [-0.4, -0.2) is 18.2 Å². The minimum absolute atomic E-state index is 0.0400. The molecular weight excluding hydrogens is 290 g/mol. The molecule has 0 spiro atoms. The van der Waals surface area contributed by atoms with E-state index in [1.165, 1.54) is 11.1 Å². The van der Waals surface area contributed by atoms with Gasteiger partial charge in [0.15, 0.2) is 0 Å². The molecule has 3 heteroatoms. The Morgan fingerprint density at radius 1 is 1.14 bits per heavy atom. The van der Waals surface area contributed by atoms with Gasteiger partial charge in [-0.2, -0.15) is 11.8 Å². The van der Waals surface area contributed by atoms with Crippen molar-refractivity contribution in [3.8, 4) is 0 Å². The van der Waals surface area contributed by atoms with Crippen LogP contribution in [0.1, 0.15) is 16.7 Å². The van der Waals surface area contributed by atoms with Gasteiger partial charge in [0.05, 0.1) is 0 Å². The molecule has 1 amide bonds. The molecule has 22 heavy (non-hydrogen) atoms. The minimum atomic E-state index is -0.0400. The van der Waals surface area contributed by atoms with Crippen LogP contribution in [0.2, 0.25) is 0 Å². The van der Waals surface area contributed by atoms with Crippen molar-refractivity contribution in [3.05, 3.63) is 77.4 Å². The van der Waals surface area contributed by atoms with E-state index in [2.05, 4.69) is 23.5 Å². The molecule has 0 unspecified atom stereocenters. The highest BCUT2D eigenvalue weighted by atomic mass is 32.2. The van der Waals surface area contributed by atoms with Crippen LogP contribution in [0.5, 0.6) is 0 Å². The number of hydrogen-bond donors (Lipinski definition) is 1. The molecule has 0 bridgehead atoms. The number of benzene rings is 2. The Morgan fingerprint density at radius 3 is 2.73 bits per heavy atom. The smallest absolute Gasteiger partial charge is 0.244 e. The lowest BCUT2D eigenvalue weighted by Gasteiger charge is -2.03. The summed E-state index contributed by atoms with van der Waals surface area (Å²) in [4.78, 5) is 11.7. The molecule has 114 valence electrons. The number of nitrogens with one attached hydrogen (secondary N) is 1. The maximum Gasteiger partial charge on any atom is 0.244 e. The summed E-state index contributed by atoms with van der Waals surface area (Å²) < 4.78 is 0. The molecule has 0 aromatic heterocycles. The number of aryl methyl sites for hydroxylation is 1. The topological polar surface area (TPSA) is 29.1 Å². The summed E-state index contributed by atoms with van der Waals surface area (Å²) in [5.74, 6) is 1.86. The zero-order chi connectivity index (χ0) is 15.6. The van der Waals surface area contributed by atoms with Gasteiger partial charge in [-0.25, -0.2) is 0 Å². The predicted molar refractivity (Wildman–Crippen MR) is 95.8 cm³/mol. The monoisotopic (exact) mass is 311 g/mol. The zero-order valence-electron chi connectivity index (χ0n) is 12.8. The first-order valence-corrected chi connectivity index (χ1v) is 8.54. The number of thioether (sulfide) groups is 1. The van der Waals surface area contributed by atoms with Gasteiger partial charge in [-0.3, -0.25) is 4.79 Å². The van der Waals surface area contributed by atoms with E-state index in [1.807, 2.05) is 61.2 Å². The van der Waals surface area contributed by atoms with E-state index >= 15 is 0 Å². The SMILES string of the molecule is Cc1cccc(/C=C/C(=O)NCCSCc2ccccc2)c1. The van der Waals surface area contributed by atoms with Crippen LogP contribution in [0.15, 0.2) is 60.7 Å². The second kappa shape index (κ2) is 9.11. The highest BCUT2D eigenvalue weighted by Gasteiger charge is 1.96. The van der Waals surface area contributed by atoms with Crippen LogP contribution in [0.3, 0.4) is 0 Å². The minimum Gasteiger partial charge on any atom is -0.352 e. The summed E-state index contributed by atoms with van der Waals surface area (Å²) in [6.07, 6.45) is 3.44. The van der Waals surface area contributed by atoms with E-state index in [0.717, 1.165) is 17.1 Å². The normalized spacial score (nSPS) is 10.8. The van der Waals surface area contributed by atoms with Crippen LogP contribution >= 0.6 is 11.8 Å². The van der Waals surface area contributed by atoms with Crippen molar-refractivity contribution in [3.63, 3.8) is 0 Å². The van der Waals surface area contributed by atoms with Gasteiger partial charge >= 0.3 is 0 Å². The predicted octanol–water partition coefficient (Wildman–Crippen LogP) is 4.06. The molecule has 0 aliphatic heterocycles. The Labute approximate surface area is 136 Å². The van der Waals surface area contributed by atoms with E-state index in [1.54, 1.807) is 6.08 Å². The molecule has 0 aliphatic carbocycles. The van der Waals surface area contributed by atoms with Crippen LogP contribution in [0, 0.1) is 6.92 Å². The second-order valence-corrected chi connectivity index (χ2v) is 6.18. The third kappa shape index (κ3) is 6.19. The van der Waals surface area contributed by atoms with Crippen molar-refractivity contribution >= 4 is 23.7 Å². The zero-order valence-corrected chi connectivity index (χ0v) is 13.6. The van der Waals surface area contributed by atoms with Crippen molar-refractivity contribution in [2.75, 3.05) is 12.3 Å². The summed E-state index contributed by atoms with van der Waals surface area (Å²) in [5, 5.41) is 2.91. The van der Waals surface area contributed by atoms with Gasteiger partial charge < -0.3 is 5.32 Å². The molecule has 2 rings (SSSR count). The standard InChI is InChI=1S/C19H21NOS/c1-16-6-5-9-17(14-16)10-11-19(21)20-12-13-22-15-18-7-3-2-4-8-18/h2-11,14H,12-13,15H2,1H3,(H,20,21)/b11-10+. The van der Waals surface area contributed by atoms with Crippen molar-refractivity contribution in [1.29, 1.82) is 0 Å². The molecule has 1 N–H and O–H groups in total. The van der Waals surface area contributed by atoms with E-state index in [-0.39, 0.29) is 5.91 Å². The fourth-order valence-corrected chi connectivity index (χ4v) is 2.83. The number of carbonyl (C=O) groups is 1. The summed E-state index contributed by atoms with van der Waals surface area (Å²) in [7, 11) is 0.